The first-order valence-corrected chi connectivity index (χ1v) is 12.1. The summed E-state index contributed by atoms with van der Waals surface area (Å²) in [6.07, 6.45) is -1.51. The highest BCUT2D eigenvalue weighted by molar-refractivity contribution is 6.05. The Kier molecular flexibility index (Phi) is 6.38. The van der Waals surface area contributed by atoms with Gasteiger partial charge in [0.1, 0.15) is 24.9 Å². The van der Waals surface area contributed by atoms with Gasteiger partial charge in [0.15, 0.2) is 11.6 Å². The minimum Gasteiger partial charge on any atom is -0.456 e. The van der Waals surface area contributed by atoms with Gasteiger partial charge in [-0.3, -0.25) is 10.0 Å². The molecule has 3 aliphatic heterocycles. The molecule has 3 saturated heterocycles. The van der Waals surface area contributed by atoms with Crippen LogP contribution in [-0.2, 0) is 28.4 Å². The third-order valence-electron chi connectivity index (χ3n) is 6.57. The molecule has 3 heterocycles. The Hall–Kier alpha value is -2.86. The van der Waals surface area contributed by atoms with Crippen molar-refractivity contribution in [2.75, 3.05) is 18.3 Å². The van der Waals surface area contributed by atoms with Crippen molar-refractivity contribution < 1.29 is 43.2 Å². The van der Waals surface area contributed by atoms with Gasteiger partial charge in [0.2, 0.25) is 5.79 Å². The van der Waals surface area contributed by atoms with Gasteiger partial charge in [0, 0.05) is 5.56 Å². The number of rotatable bonds is 5. The van der Waals surface area contributed by atoms with E-state index in [2.05, 4.69) is 0 Å². The normalized spacial score (nSPS) is 29.3. The highest BCUT2D eigenvalue weighted by atomic mass is 16.9. The first-order chi connectivity index (χ1) is 17.4. The number of hydrogen-bond acceptors (Lipinski definition) is 9. The van der Waals surface area contributed by atoms with Crippen molar-refractivity contribution >= 4 is 17.6 Å². The summed E-state index contributed by atoms with van der Waals surface area (Å²) in [7, 11) is 0. The van der Waals surface area contributed by atoms with E-state index in [1.165, 1.54) is 6.07 Å². The second kappa shape index (κ2) is 9.16. The fraction of sp³-hybridized carbons (Fsp3) is 0.481. The van der Waals surface area contributed by atoms with Gasteiger partial charge in [-0.1, -0.05) is 24.3 Å². The quantitative estimate of drug-likeness (QED) is 0.364. The number of aryl methyl sites for hydroxylation is 1. The van der Waals surface area contributed by atoms with Gasteiger partial charge in [-0.2, -0.15) is 5.06 Å². The van der Waals surface area contributed by atoms with Crippen LogP contribution in [0.4, 0.5) is 5.69 Å². The lowest BCUT2D eigenvalue weighted by atomic mass is 9.97. The summed E-state index contributed by atoms with van der Waals surface area (Å²) in [6, 6.07) is 12.9. The van der Waals surface area contributed by atoms with Crippen molar-refractivity contribution in [1.29, 1.82) is 0 Å². The molecule has 10 heteroatoms. The first kappa shape index (κ1) is 25.8. The molecule has 4 atom stereocenters. The number of anilines is 1. The van der Waals surface area contributed by atoms with E-state index < -0.39 is 41.4 Å². The Balaban J connectivity index is 1.33. The van der Waals surface area contributed by atoms with Crippen LogP contribution < -0.4 is 5.06 Å². The molecule has 198 valence electrons. The molecule has 0 aliphatic carbocycles. The second-order valence-corrected chi connectivity index (χ2v) is 10.4. The number of ether oxygens (including phenoxy) is 6. The molecule has 0 radical (unpaired) electrons. The van der Waals surface area contributed by atoms with Crippen LogP contribution in [0.1, 0.15) is 54.0 Å². The molecule has 0 spiro atoms. The number of carbonyl (C=O) groups excluding carboxylic acids is 2. The van der Waals surface area contributed by atoms with Gasteiger partial charge >= 0.3 is 5.97 Å². The monoisotopic (exact) mass is 513 g/mol. The van der Waals surface area contributed by atoms with E-state index in [0.717, 1.165) is 0 Å². The van der Waals surface area contributed by atoms with E-state index in [1.54, 1.807) is 63.2 Å². The van der Waals surface area contributed by atoms with E-state index in [-0.39, 0.29) is 30.6 Å². The molecule has 0 bridgehead atoms. The third-order valence-corrected chi connectivity index (χ3v) is 6.57. The molecule has 2 aromatic rings. The Morgan fingerprint density at radius 1 is 1.00 bits per heavy atom. The predicted molar refractivity (Wildman–Crippen MR) is 129 cm³/mol. The summed E-state index contributed by atoms with van der Waals surface area (Å²) in [4.78, 5) is 25.8. The number of amides is 1. The third kappa shape index (κ3) is 4.88. The molecular formula is C27H31NO9. The number of fused-ring (bicyclic) bond motifs is 3. The fourth-order valence-corrected chi connectivity index (χ4v) is 4.97. The summed E-state index contributed by atoms with van der Waals surface area (Å²) in [5, 5.41) is 11.1. The lowest BCUT2D eigenvalue weighted by Crippen LogP contribution is -2.60. The zero-order valence-electron chi connectivity index (χ0n) is 21.4. The average molecular weight is 514 g/mol. The summed E-state index contributed by atoms with van der Waals surface area (Å²) < 4.78 is 35.9. The van der Waals surface area contributed by atoms with E-state index in [4.69, 9.17) is 28.4 Å². The standard InChI is InChI=1S/C27H31NO9/c1-16-11-12-18(13-19(16)28(31)23(29)17-9-7-6-8-10-17)24(30)32-15-27-22(36-26(4,5)37-27)21-20(14-33-27)34-25(2,3)35-21/h6-13,20-22,31H,14-15H2,1-5H3/t20-,21-,22+,27+/m1/s1. The predicted octanol–water partition coefficient (Wildman–Crippen LogP) is 3.59. The highest BCUT2D eigenvalue weighted by Gasteiger charge is 2.66. The smallest absolute Gasteiger partial charge is 0.338 e. The topological polar surface area (TPSA) is 113 Å². The van der Waals surface area contributed by atoms with Gasteiger partial charge in [-0.25, -0.2) is 4.79 Å². The maximum Gasteiger partial charge on any atom is 0.338 e. The molecule has 37 heavy (non-hydrogen) atoms. The minimum absolute atomic E-state index is 0.141. The van der Waals surface area contributed by atoms with E-state index in [0.29, 0.717) is 16.2 Å². The Morgan fingerprint density at radius 2 is 1.73 bits per heavy atom. The van der Waals surface area contributed by atoms with E-state index >= 15 is 0 Å². The van der Waals surface area contributed by atoms with Crippen LogP contribution in [0.15, 0.2) is 48.5 Å². The number of nitrogens with zero attached hydrogens (tertiary/aromatic N) is 1. The van der Waals surface area contributed by atoms with Crippen molar-refractivity contribution in [1.82, 2.24) is 0 Å². The molecule has 0 unspecified atom stereocenters. The molecular weight excluding hydrogens is 482 g/mol. The first-order valence-electron chi connectivity index (χ1n) is 12.1. The maximum absolute atomic E-state index is 13.1. The molecule has 0 saturated carbocycles. The number of carbonyl (C=O) groups is 2. The molecule has 2 aromatic carbocycles. The van der Waals surface area contributed by atoms with Crippen LogP contribution in [0.3, 0.4) is 0 Å². The van der Waals surface area contributed by atoms with Gasteiger partial charge < -0.3 is 28.4 Å². The Labute approximate surface area is 214 Å². The van der Waals surface area contributed by atoms with Crippen LogP contribution in [0.25, 0.3) is 0 Å². The molecule has 5 rings (SSSR count). The zero-order valence-corrected chi connectivity index (χ0v) is 21.4. The summed E-state index contributed by atoms with van der Waals surface area (Å²) in [6.45, 7) is 8.77. The Bertz CT molecular complexity index is 1200. The maximum atomic E-state index is 13.1. The van der Waals surface area contributed by atoms with Crippen molar-refractivity contribution in [3.8, 4) is 0 Å². The van der Waals surface area contributed by atoms with E-state index in [1.807, 2.05) is 13.8 Å². The summed E-state index contributed by atoms with van der Waals surface area (Å²) in [5.41, 5.74) is 1.20. The highest BCUT2D eigenvalue weighted by Crippen LogP contribution is 2.47. The summed E-state index contributed by atoms with van der Waals surface area (Å²) in [5.74, 6) is -4.51. The molecule has 3 fully saturated rings. The lowest BCUT2D eigenvalue weighted by molar-refractivity contribution is -0.293. The van der Waals surface area contributed by atoms with Gasteiger partial charge in [0.25, 0.3) is 5.91 Å². The van der Waals surface area contributed by atoms with E-state index in [9.17, 15) is 14.8 Å². The molecule has 0 aromatic heterocycles. The van der Waals surface area contributed by atoms with Crippen molar-refractivity contribution in [3.05, 3.63) is 65.2 Å². The zero-order chi connectivity index (χ0) is 26.6. The van der Waals surface area contributed by atoms with Gasteiger partial charge in [0.05, 0.1) is 17.9 Å². The minimum atomic E-state index is -1.38. The van der Waals surface area contributed by atoms with Crippen molar-refractivity contribution in [2.45, 2.75) is 70.3 Å². The molecule has 10 nitrogen and oxygen atoms in total. The number of esters is 1. The molecule has 1 amide bonds. The van der Waals surface area contributed by atoms with Crippen molar-refractivity contribution in [3.63, 3.8) is 0 Å². The number of benzene rings is 2. The fourth-order valence-electron chi connectivity index (χ4n) is 4.97. The lowest BCUT2D eigenvalue weighted by Gasteiger charge is -2.40. The SMILES string of the molecule is Cc1ccc(C(=O)OC[C@@]23OC[C@H]4OC(C)(C)O[C@H]4[C@@H]2OC(C)(C)O3)cc1N(O)C(=O)c1ccccc1. The van der Waals surface area contributed by atoms with Crippen LogP contribution in [0.2, 0.25) is 0 Å². The van der Waals surface area contributed by atoms with Crippen molar-refractivity contribution in [2.24, 2.45) is 0 Å². The van der Waals surface area contributed by atoms with Gasteiger partial charge in [-0.05, 0) is 64.4 Å². The van der Waals surface area contributed by atoms with Crippen LogP contribution in [0, 0.1) is 6.92 Å². The van der Waals surface area contributed by atoms with Crippen LogP contribution in [-0.4, -0.2) is 66.0 Å². The number of hydroxylamine groups is 1. The van der Waals surface area contributed by atoms with Gasteiger partial charge in [-0.15, -0.1) is 0 Å². The average Bonchev–Trinajstić information content (AvgIpc) is 3.33. The molecule has 3 aliphatic rings. The Morgan fingerprint density at radius 3 is 2.46 bits per heavy atom. The number of hydrogen-bond donors (Lipinski definition) is 1. The summed E-state index contributed by atoms with van der Waals surface area (Å²) >= 11 is 0. The second-order valence-electron chi connectivity index (χ2n) is 10.4. The largest absolute Gasteiger partial charge is 0.456 e. The molecule has 1 N–H and O–H groups in total. The van der Waals surface area contributed by atoms with Crippen LogP contribution >= 0.6 is 0 Å². The van der Waals surface area contributed by atoms with Crippen LogP contribution in [0.5, 0.6) is 0 Å².